The van der Waals surface area contributed by atoms with Crippen molar-refractivity contribution in [3.8, 4) is 0 Å². The second-order valence-electron chi connectivity index (χ2n) is 4.45. The standard InChI is InChI=1S/C12H16BrN/c1-9-8-10(2-3-11(9)13)4-5-12(14)6-7-12/h2-3,8H,4-7,14H2,1H3. The Labute approximate surface area is 93.8 Å². The van der Waals surface area contributed by atoms with Gasteiger partial charge in [0, 0.05) is 10.0 Å². The molecule has 1 saturated carbocycles. The van der Waals surface area contributed by atoms with Gasteiger partial charge in [-0.05, 0) is 49.8 Å². The maximum Gasteiger partial charge on any atom is 0.0204 e. The first kappa shape index (κ1) is 10.2. The van der Waals surface area contributed by atoms with Crippen LogP contribution in [0.2, 0.25) is 0 Å². The highest BCUT2D eigenvalue weighted by Crippen LogP contribution is 2.36. The molecule has 1 aliphatic carbocycles. The molecule has 1 aromatic carbocycles. The summed E-state index contributed by atoms with van der Waals surface area (Å²) in [5.41, 5.74) is 8.95. The van der Waals surface area contributed by atoms with Crippen LogP contribution >= 0.6 is 15.9 Å². The predicted octanol–water partition coefficient (Wildman–Crippen LogP) is 3.18. The molecule has 0 bridgehead atoms. The Bertz CT molecular complexity index is 342. The highest BCUT2D eigenvalue weighted by atomic mass is 79.9. The van der Waals surface area contributed by atoms with Gasteiger partial charge < -0.3 is 5.73 Å². The summed E-state index contributed by atoms with van der Waals surface area (Å²) in [5, 5.41) is 0. The van der Waals surface area contributed by atoms with Crippen LogP contribution in [0.3, 0.4) is 0 Å². The van der Waals surface area contributed by atoms with Crippen LogP contribution in [0.5, 0.6) is 0 Å². The maximum absolute atomic E-state index is 6.05. The van der Waals surface area contributed by atoms with Crippen molar-refractivity contribution in [3.63, 3.8) is 0 Å². The monoisotopic (exact) mass is 253 g/mol. The molecular weight excluding hydrogens is 238 g/mol. The van der Waals surface area contributed by atoms with E-state index in [-0.39, 0.29) is 5.54 Å². The molecule has 0 radical (unpaired) electrons. The molecule has 0 spiro atoms. The van der Waals surface area contributed by atoms with Crippen molar-refractivity contribution in [3.05, 3.63) is 33.8 Å². The normalized spacial score (nSPS) is 18.2. The average molecular weight is 254 g/mol. The van der Waals surface area contributed by atoms with Crippen molar-refractivity contribution in [1.29, 1.82) is 0 Å². The second kappa shape index (κ2) is 3.67. The van der Waals surface area contributed by atoms with Crippen LogP contribution in [-0.4, -0.2) is 5.54 Å². The van der Waals surface area contributed by atoms with Crippen molar-refractivity contribution in [2.45, 2.75) is 38.1 Å². The van der Waals surface area contributed by atoms with Crippen LogP contribution in [0, 0.1) is 6.92 Å². The minimum atomic E-state index is 0.182. The van der Waals surface area contributed by atoms with E-state index in [0.717, 1.165) is 12.8 Å². The van der Waals surface area contributed by atoms with Crippen molar-refractivity contribution < 1.29 is 0 Å². The lowest BCUT2D eigenvalue weighted by atomic mass is 10.0. The molecule has 0 unspecified atom stereocenters. The smallest absolute Gasteiger partial charge is 0.0204 e. The van der Waals surface area contributed by atoms with Crippen LogP contribution in [0.15, 0.2) is 22.7 Å². The van der Waals surface area contributed by atoms with E-state index in [1.54, 1.807) is 0 Å². The minimum Gasteiger partial charge on any atom is -0.325 e. The van der Waals surface area contributed by atoms with Crippen LogP contribution < -0.4 is 5.73 Å². The van der Waals surface area contributed by atoms with E-state index in [9.17, 15) is 0 Å². The number of halogens is 1. The Morgan fingerprint density at radius 1 is 1.43 bits per heavy atom. The summed E-state index contributed by atoms with van der Waals surface area (Å²) in [4.78, 5) is 0. The summed E-state index contributed by atoms with van der Waals surface area (Å²) >= 11 is 3.51. The Morgan fingerprint density at radius 2 is 2.14 bits per heavy atom. The molecule has 0 aromatic heterocycles. The zero-order valence-electron chi connectivity index (χ0n) is 8.52. The molecule has 1 fully saturated rings. The Hall–Kier alpha value is -0.340. The van der Waals surface area contributed by atoms with Crippen molar-refractivity contribution in [2.75, 3.05) is 0 Å². The third kappa shape index (κ3) is 2.37. The van der Waals surface area contributed by atoms with Crippen LogP contribution in [0.25, 0.3) is 0 Å². The van der Waals surface area contributed by atoms with Gasteiger partial charge in [-0.15, -0.1) is 0 Å². The van der Waals surface area contributed by atoms with Crippen molar-refractivity contribution in [2.24, 2.45) is 5.73 Å². The largest absolute Gasteiger partial charge is 0.325 e. The van der Waals surface area contributed by atoms with E-state index >= 15 is 0 Å². The van der Waals surface area contributed by atoms with E-state index in [2.05, 4.69) is 41.1 Å². The lowest BCUT2D eigenvalue weighted by Gasteiger charge is -2.09. The SMILES string of the molecule is Cc1cc(CCC2(N)CC2)ccc1Br. The number of rotatable bonds is 3. The van der Waals surface area contributed by atoms with Gasteiger partial charge in [-0.2, -0.15) is 0 Å². The topological polar surface area (TPSA) is 26.0 Å². The average Bonchev–Trinajstić information content (AvgIpc) is 2.87. The van der Waals surface area contributed by atoms with E-state index in [4.69, 9.17) is 5.73 Å². The summed E-state index contributed by atoms with van der Waals surface area (Å²) in [7, 11) is 0. The second-order valence-corrected chi connectivity index (χ2v) is 5.30. The minimum absolute atomic E-state index is 0.182. The van der Waals surface area contributed by atoms with E-state index in [0.29, 0.717) is 0 Å². The molecule has 0 amide bonds. The number of nitrogens with two attached hydrogens (primary N) is 1. The fraction of sp³-hybridized carbons (Fsp3) is 0.500. The molecule has 76 valence electrons. The van der Waals surface area contributed by atoms with Gasteiger partial charge in [0.1, 0.15) is 0 Å². The highest BCUT2D eigenvalue weighted by Gasteiger charge is 2.37. The molecular formula is C12H16BrN. The van der Waals surface area contributed by atoms with Gasteiger partial charge in [0.05, 0.1) is 0 Å². The molecule has 2 heteroatoms. The Kier molecular flexibility index (Phi) is 2.67. The molecule has 2 rings (SSSR count). The summed E-state index contributed by atoms with van der Waals surface area (Å²) in [5.74, 6) is 0. The third-order valence-corrected chi connectivity index (χ3v) is 3.92. The molecule has 0 saturated heterocycles. The summed E-state index contributed by atoms with van der Waals surface area (Å²) in [6.07, 6.45) is 4.67. The van der Waals surface area contributed by atoms with Gasteiger partial charge in [-0.1, -0.05) is 28.1 Å². The first-order valence-corrected chi connectivity index (χ1v) is 5.92. The molecule has 1 aliphatic rings. The number of benzene rings is 1. The van der Waals surface area contributed by atoms with E-state index in [1.165, 1.54) is 28.4 Å². The van der Waals surface area contributed by atoms with E-state index < -0.39 is 0 Å². The highest BCUT2D eigenvalue weighted by molar-refractivity contribution is 9.10. The van der Waals surface area contributed by atoms with Crippen LogP contribution in [-0.2, 0) is 6.42 Å². The van der Waals surface area contributed by atoms with Gasteiger partial charge in [-0.3, -0.25) is 0 Å². The molecule has 0 heterocycles. The Morgan fingerprint density at radius 3 is 2.71 bits per heavy atom. The quantitative estimate of drug-likeness (QED) is 0.880. The zero-order valence-corrected chi connectivity index (χ0v) is 10.1. The summed E-state index contributed by atoms with van der Waals surface area (Å²) < 4.78 is 1.19. The number of hydrogen-bond acceptors (Lipinski definition) is 1. The third-order valence-electron chi connectivity index (χ3n) is 3.03. The van der Waals surface area contributed by atoms with Gasteiger partial charge in [0.15, 0.2) is 0 Å². The van der Waals surface area contributed by atoms with Gasteiger partial charge in [0.2, 0.25) is 0 Å². The van der Waals surface area contributed by atoms with Gasteiger partial charge >= 0.3 is 0 Å². The maximum atomic E-state index is 6.05. The lowest BCUT2D eigenvalue weighted by molar-refractivity contribution is 0.609. The summed E-state index contributed by atoms with van der Waals surface area (Å²) in [6, 6.07) is 6.55. The fourth-order valence-electron chi connectivity index (χ4n) is 1.67. The van der Waals surface area contributed by atoms with Gasteiger partial charge in [-0.25, -0.2) is 0 Å². The van der Waals surface area contributed by atoms with Gasteiger partial charge in [0.25, 0.3) is 0 Å². The van der Waals surface area contributed by atoms with Crippen LogP contribution in [0.1, 0.15) is 30.4 Å². The number of hydrogen-bond donors (Lipinski definition) is 1. The molecule has 1 nitrogen and oxygen atoms in total. The molecule has 0 aliphatic heterocycles. The molecule has 2 N–H and O–H groups in total. The molecule has 14 heavy (non-hydrogen) atoms. The predicted molar refractivity (Wildman–Crippen MR) is 63.4 cm³/mol. The van der Waals surface area contributed by atoms with Crippen molar-refractivity contribution in [1.82, 2.24) is 0 Å². The summed E-state index contributed by atoms with van der Waals surface area (Å²) in [6.45, 7) is 2.13. The number of aryl methyl sites for hydroxylation is 2. The zero-order chi connectivity index (χ0) is 10.2. The fourth-order valence-corrected chi connectivity index (χ4v) is 1.91. The van der Waals surface area contributed by atoms with E-state index in [1.807, 2.05) is 0 Å². The molecule has 0 atom stereocenters. The molecule has 1 aromatic rings. The first-order chi connectivity index (χ1) is 6.59. The lowest BCUT2D eigenvalue weighted by Crippen LogP contribution is -2.22. The van der Waals surface area contributed by atoms with Crippen LogP contribution in [0.4, 0.5) is 0 Å². The van der Waals surface area contributed by atoms with Crippen molar-refractivity contribution >= 4 is 15.9 Å². The first-order valence-electron chi connectivity index (χ1n) is 5.13. The Balaban J connectivity index is 1.99.